The maximum atomic E-state index is 2.67. The minimum absolute atomic E-state index is 0.246. The van der Waals surface area contributed by atoms with Crippen LogP contribution in [0.1, 0.15) is 75.2 Å². The first-order valence-electron chi connectivity index (χ1n) is 10.2. The largest absolute Gasteiger partial charge is 0.0784 e. The standard InChI is InChI=1S/C21H35P3/c1-16(2,3)19-12-10-13(12)24-20(17(4,5)6)21(24,18(7,8)9)23(19)15-11-14(15)22(19)20/h12-15H,10-11H2,1-9H3/t12-,13?,14-,15+,19?,20?,21?,22-,23-,24?/m0/s1. The summed E-state index contributed by atoms with van der Waals surface area (Å²) in [6.07, 6.45) is 3.31. The van der Waals surface area contributed by atoms with Crippen molar-refractivity contribution in [2.45, 2.75) is 107 Å². The van der Waals surface area contributed by atoms with Crippen LogP contribution in [0.15, 0.2) is 0 Å². The lowest BCUT2D eigenvalue weighted by Crippen LogP contribution is -2.45. The fraction of sp³-hybridized carbons (Fsp3) is 1.00. The Hall–Kier alpha value is 1.29. The zero-order chi connectivity index (χ0) is 17.5. The minimum Gasteiger partial charge on any atom is -0.0784 e. The first kappa shape index (κ1) is 16.3. The molecule has 134 valence electrons. The Labute approximate surface area is 153 Å². The normalized spacial score (nSPS) is 64.6. The summed E-state index contributed by atoms with van der Waals surface area (Å²) in [4.78, 5) is 2.46. The van der Waals surface area contributed by atoms with E-state index in [1.165, 1.54) is 22.9 Å². The van der Waals surface area contributed by atoms with Gasteiger partial charge in [0.15, 0.2) is 0 Å². The number of fused-ring (bicyclic) bond motifs is 1. The summed E-state index contributed by atoms with van der Waals surface area (Å²) in [6, 6.07) is 0. The van der Waals surface area contributed by atoms with Gasteiger partial charge in [0.25, 0.3) is 0 Å². The van der Waals surface area contributed by atoms with Crippen molar-refractivity contribution in [3.63, 3.8) is 0 Å². The van der Waals surface area contributed by atoms with E-state index in [4.69, 9.17) is 0 Å². The molecule has 0 radical (unpaired) electrons. The predicted molar refractivity (Wildman–Crippen MR) is 111 cm³/mol. The highest BCUT2D eigenvalue weighted by atomic mass is 31.2. The molecule has 0 aromatic heterocycles. The lowest BCUT2D eigenvalue weighted by atomic mass is 9.80. The molecule has 6 bridgehead atoms. The fourth-order valence-corrected chi connectivity index (χ4v) is 35.5. The lowest BCUT2D eigenvalue weighted by molar-refractivity contribution is 0.292. The van der Waals surface area contributed by atoms with Gasteiger partial charge in [-0.25, -0.2) is 0 Å². The van der Waals surface area contributed by atoms with Crippen LogP contribution in [0.3, 0.4) is 0 Å². The molecule has 0 aromatic carbocycles. The highest BCUT2D eigenvalue weighted by Crippen LogP contribution is 3.28. The average molecular weight is 380 g/mol. The molecule has 5 heterocycles. The van der Waals surface area contributed by atoms with Crippen LogP contribution in [-0.4, -0.2) is 31.7 Å². The number of hydrogen-bond acceptors (Lipinski definition) is 0. The second-order valence-corrected chi connectivity index (χ2v) is 22.1. The quantitative estimate of drug-likeness (QED) is 0.389. The van der Waals surface area contributed by atoms with E-state index in [1.54, 1.807) is 12.8 Å². The third-order valence-electron chi connectivity index (χ3n) is 8.75. The zero-order valence-corrected chi connectivity index (χ0v) is 19.7. The minimum atomic E-state index is 0.246. The molecular formula is C21H35P3. The molecule has 5 unspecified atom stereocenters. The molecule has 0 nitrogen and oxygen atoms in total. The summed E-state index contributed by atoms with van der Waals surface area (Å²) in [5.41, 5.74) is 5.28. The van der Waals surface area contributed by atoms with Gasteiger partial charge in [0, 0.05) is 14.7 Å². The molecule has 7 fully saturated rings. The van der Waals surface area contributed by atoms with E-state index in [1.807, 2.05) is 0 Å². The van der Waals surface area contributed by atoms with Crippen LogP contribution >= 0.6 is 23.8 Å². The Balaban J connectivity index is 1.71. The van der Waals surface area contributed by atoms with E-state index in [0.29, 0.717) is 24.2 Å². The molecule has 10 atom stereocenters. The molecule has 24 heavy (non-hydrogen) atoms. The average Bonchev–Trinajstić information content (AvgIpc) is 3.25. The Morgan fingerprint density at radius 2 is 1.04 bits per heavy atom. The summed E-state index contributed by atoms with van der Waals surface area (Å²) in [5.74, 6) is 1.18. The van der Waals surface area contributed by atoms with Crippen LogP contribution in [0.2, 0.25) is 0 Å². The Morgan fingerprint density at radius 3 is 1.42 bits per heavy atom. The molecule has 0 spiro atoms. The van der Waals surface area contributed by atoms with Crippen molar-refractivity contribution in [3.05, 3.63) is 0 Å². The predicted octanol–water partition coefficient (Wildman–Crippen LogP) is 7.24. The number of hydrogen-bond donors (Lipinski definition) is 0. The van der Waals surface area contributed by atoms with Gasteiger partial charge in [0.05, 0.1) is 0 Å². The summed E-state index contributed by atoms with van der Waals surface area (Å²) in [7, 11) is 0.805. The van der Waals surface area contributed by atoms with Gasteiger partial charge in [-0.1, -0.05) is 86.1 Å². The molecular weight excluding hydrogens is 345 g/mol. The van der Waals surface area contributed by atoms with Crippen LogP contribution in [0.25, 0.3) is 0 Å². The van der Waals surface area contributed by atoms with Crippen LogP contribution in [0.4, 0.5) is 0 Å². The maximum absolute atomic E-state index is 2.67. The van der Waals surface area contributed by atoms with Crippen molar-refractivity contribution in [3.8, 4) is 0 Å². The van der Waals surface area contributed by atoms with Crippen LogP contribution in [0, 0.1) is 22.2 Å². The molecule has 5 saturated heterocycles. The summed E-state index contributed by atoms with van der Waals surface area (Å²) in [5, 5.41) is 0. The van der Waals surface area contributed by atoms with Crippen molar-refractivity contribution in [1.29, 1.82) is 0 Å². The van der Waals surface area contributed by atoms with Crippen molar-refractivity contribution in [2.24, 2.45) is 22.2 Å². The molecule has 0 N–H and O–H groups in total. The highest BCUT2D eigenvalue weighted by Gasteiger charge is 3.07. The summed E-state index contributed by atoms with van der Waals surface area (Å²) >= 11 is 0. The van der Waals surface area contributed by atoms with Gasteiger partial charge in [-0.15, -0.1) is 0 Å². The van der Waals surface area contributed by atoms with Gasteiger partial charge in [-0.3, -0.25) is 0 Å². The van der Waals surface area contributed by atoms with Crippen LogP contribution in [0.5, 0.6) is 0 Å². The fourth-order valence-electron chi connectivity index (χ4n) is 8.75. The molecule has 2 saturated carbocycles. The van der Waals surface area contributed by atoms with E-state index in [9.17, 15) is 0 Å². The van der Waals surface area contributed by atoms with Gasteiger partial charge in [0.2, 0.25) is 0 Å². The SMILES string of the molecule is CC(C)(C)C12[C@H]3CC3P3C4(C(C)(C)C)[P@@]1[C@@H]1C[C@@H]1[P@]2C34C(C)(C)C. The zero-order valence-electron chi connectivity index (χ0n) is 17.1. The maximum Gasteiger partial charge on any atom is 0.0317 e. The Morgan fingerprint density at radius 1 is 0.583 bits per heavy atom. The lowest BCUT2D eigenvalue weighted by Gasteiger charge is -2.57. The molecule has 5 aliphatic heterocycles. The Kier molecular flexibility index (Phi) is 2.46. The molecule has 3 heteroatoms. The van der Waals surface area contributed by atoms with Crippen LogP contribution < -0.4 is 0 Å². The van der Waals surface area contributed by atoms with Crippen molar-refractivity contribution >= 4 is 23.8 Å². The van der Waals surface area contributed by atoms with Crippen molar-refractivity contribution in [1.82, 2.24) is 0 Å². The molecule has 0 amide bonds. The second kappa shape index (κ2) is 3.62. The van der Waals surface area contributed by atoms with E-state index in [0.717, 1.165) is 14.7 Å². The number of rotatable bonds is 0. The molecule has 2 aliphatic carbocycles. The van der Waals surface area contributed by atoms with Gasteiger partial charge in [0.1, 0.15) is 0 Å². The Bertz CT molecular complexity index is 637. The van der Waals surface area contributed by atoms with Gasteiger partial charge >= 0.3 is 0 Å². The third kappa shape index (κ3) is 1.13. The molecule has 7 aliphatic rings. The molecule has 0 aromatic rings. The van der Waals surface area contributed by atoms with Crippen molar-refractivity contribution < 1.29 is 0 Å². The smallest absolute Gasteiger partial charge is 0.0317 e. The highest BCUT2D eigenvalue weighted by molar-refractivity contribution is 8.08. The molecule has 7 rings (SSSR count). The van der Waals surface area contributed by atoms with E-state index >= 15 is 0 Å². The summed E-state index contributed by atoms with van der Waals surface area (Å²) < 4.78 is 0. The van der Waals surface area contributed by atoms with Gasteiger partial charge < -0.3 is 0 Å². The van der Waals surface area contributed by atoms with Crippen molar-refractivity contribution in [2.75, 3.05) is 0 Å². The van der Waals surface area contributed by atoms with E-state index in [-0.39, 0.29) is 15.8 Å². The van der Waals surface area contributed by atoms with Crippen LogP contribution in [-0.2, 0) is 0 Å². The monoisotopic (exact) mass is 380 g/mol. The summed E-state index contributed by atoms with van der Waals surface area (Å²) in [6.45, 7) is 24.0. The third-order valence-corrected chi connectivity index (χ3v) is 27.2. The van der Waals surface area contributed by atoms with E-state index in [2.05, 4.69) is 62.3 Å². The first-order valence-corrected chi connectivity index (χ1v) is 14.4. The topological polar surface area (TPSA) is 0 Å². The second-order valence-electron chi connectivity index (χ2n) is 12.7. The van der Waals surface area contributed by atoms with Gasteiger partial charge in [-0.05, 0) is 52.0 Å². The van der Waals surface area contributed by atoms with E-state index < -0.39 is 0 Å². The van der Waals surface area contributed by atoms with Gasteiger partial charge in [-0.2, -0.15) is 0 Å². The first-order chi connectivity index (χ1) is 10.8.